The van der Waals surface area contributed by atoms with Crippen LogP contribution in [-0.4, -0.2) is 54.5 Å². The van der Waals surface area contributed by atoms with Crippen LogP contribution in [0.5, 0.6) is 0 Å². The van der Waals surface area contributed by atoms with Crippen molar-refractivity contribution in [3.63, 3.8) is 0 Å². The van der Waals surface area contributed by atoms with Gasteiger partial charge in [0.1, 0.15) is 6.04 Å². The maximum atomic E-state index is 12.6. The normalized spacial score (nSPS) is 15.3. The number of halogens is 2. The SMILES string of the molecule is CC1(C)CN=C(Nc2cccc(C(=O)NCC(=O)NC(Cc3cc(Cl)cc(Cl)c3)C(=O)O)c2)NC1. The van der Waals surface area contributed by atoms with Gasteiger partial charge in [0.15, 0.2) is 5.96 Å². The second kappa shape index (κ2) is 11.4. The fraction of sp³-hybridized carbons (Fsp3) is 0.333. The van der Waals surface area contributed by atoms with Gasteiger partial charge in [-0.3, -0.25) is 14.6 Å². The smallest absolute Gasteiger partial charge is 0.326 e. The zero-order chi connectivity index (χ0) is 25.6. The van der Waals surface area contributed by atoms with Gasteiger partial charge in [0.05, 0.1) is 6.54 Å². The highest BCUT2D eigenvalue weighted by atomic mass is 35.5. The highest BCUT2D eigenvalue weighted by Gasteiger charge is 2.23. The molecule has 1 aliphatic heterocycles. The Morgan fingerprint density at radius 3 is 2.49 bits per heavy atom. The number of anilines is 1. The number of aliphatic carboxylic acids is 1. The Morgan fingerprint density at radius 2 is 1.86 bits per heavy atom. The molecule has 3 rings (SSSR count). The minimum Gasteiger partial charge on any atom is -0.480 e. The van der Waals surface area contributed by atoms with Crippen molar-refractivity contribution < 1.29 is 19.5 Å². The Kier molecular flexibility index (Phi) is 8.58. The Morgan fingerprint density at radius 1 is 1.14 bits per heavy atom. The molecule has 5 N–H and O–H groups in total. The van der Waals surface area contributed by atoms with E-state index in [2.05, 4.69) is 40.1 Å². The monoisotopic (exact) mass is 519 g/mol. The van der Waals surface area contributed by atoms with Crippen LogP contribution in [0.15, 0.2) is 47.5 Å². The van der Waals surface area contributed by atoms with Crippen LogP contribution < -0.4 is 21.3 Å². The third-order valence-electron chi connectivity index (χ3n) is 5.19. The van der Waals surface area contributed by atoms with E-state index in [1.54, 1.807) is 36.4 Å². The van der Waals surface area contributed by atoms with Gasteiger partial charge in [0.25, 0.3) is 5.91 Å². The van der Waals surface area contributed by atoms with E-state index >= 15 is 0 Å². The number of hydrogen-bond acceptors (Lipinski definition) is 6. The summed E-state index contributed by atoms with van der Waals surface area (Å²) >= 11 is 11.9. The first-order valence-electron chi connectivity index (χ1n) is 10.9. The molecule has 0 bridgehead atoms. The van der Waals surface area contributed by atoms with Crippen LogP contribution in [0.1, 0.15) is 29.8 Å². The minimum atomic E-state index is -1.22. The first kappa shape index (κ1) is 26.3. The summed E-state index contributed by atoms with van der Waals surface area (Å²) in [6.45, 7) is 5.30. The number of benzene rings is 2. The molecule has 11 heteroatoms. The van der Waals surface area contributed by atoms with E-state index in [-0.39, 0.29) is 18.4 Å². The zero-order valence-electron chi connectivity index (χ0n) is 19.3. The van der Waals surface area contributed by atoms with Gasteiger partial charge >= 0.3 is 5.97 Å². The Hall–Kier alpha value is -3.30. The van der Waals surface area contributed by atoms with Crippen LogP contribution in [0.25, 0.3) is 0 Å². The standard InChI is InChI=1S/C24H27Cl2N5O4/c1-24(2)12-28-23(29-13-24)30-18-5-3-4-15(9-18)21(33)27-11-20(32)31-19(22(34)35)8-14-6-16(25)10-17(26)7-14/h3-7,9-10,19H,8,11-13H2,1-2H3,(H,27,33)(H,31,32)(H,34,35)(H2,28,29,30). The van der Waals surface area contributed by atoms with Gasteiger partial charge in [-0.25, -0.2) is 4.79 Å². The summed E-state index contributed by atoms with van der Waals surface area (Å²) in [4.78, 5) is 41.0. The van der Waals surface area contributed by atoms with Crippen LogP contribution in [0.4, 0.5) is 5.69 Å². The number of rotatable bonds is 8. The van der Waals surface area contributed by atoms with Gasteiger partial charge in [-0.05, 0) is 42.0 Å². The Balaban J connectivity index is 1.54. The number of hydrogen-bond donors (Lipinski definition) is 5. The molecule has 1 unspecified atom stereocenters. The van der Waals surface area contributed by atoms with E-state index in [0.717, 1.165) is 6.54 Å². The number of nitrogens with zero attached hydrogens (tertiary/aromatic N) is 1. The van der Waals surface area contributed by atoms with Crippen molar-refractivity contribution in [2.45, 2.75) is 26.3 Å². The quantitative estimate of drug-likeness (QED) is 0.364. The lowest BCUT2D eigenvalue weighted by atomic mass is 9.93. The summed E-state index contributed by atoms with van der Waals surface area (Å²) in [5, 5.41) is 21.5. The van der Waals surface area contributed by atoms with E-state index in [0.29, 0.717) is 39.4 Å². The molecular formula is C24H27Cl2N5O4. The molecule has 0 saturated carbocycles. The molecule has 0 spiro atoms. The second-order valence-corrected chi connectivity index (χ2v) is 9.88. The molecule has 0 aliphatic carbocycles. The summed E-state index contributed by atoms with van der Waals surface area (Å²) < 4.78 is 0. The molecule has 0 radical (unpaired) electrons. The molecule has 0 fully saturated rings. The highest BCUT2D eigenvalue weighted by Crippen LogP contribution is 2.20. The topological polar surface area (TPSA) is 132 Å². The lowest BCUT2D eigenvalue weighted by Crippen LogP contribution is -2.46. The second-order valence-electron chi connectivity index (χ2n) is 9.01. The molecule has 0 aromatic heterocycles. The van der Waals surface area contributed by atoms with Crippen LogP contribution >= 0.6 is 23.2 Å². The molecule has 9 nitrogen and oxygen atoms in total. The minimum absolute atomic E-state index is 0.0158. The molecule has 0 saturated heterocycles. The molecule has 1 atom stereocenters. The molecular weight excluding hydrogens is 493 g/mol. The summed E-state index contributed by atoms with van der Waals surface area (Å²) in [5.74, 6) is -1.71. The first-order valence-corrected chi connectivity index (χ1v) is 11.7. The third kappa shape index (κ3) is 8.15. The largest absolute Gasteiger partial charge is 0.480 e. The van der Waals surface area contributed by atoms with E-state index in [1.807, 2.05) is 0 Å². The van der Waals surface area contributed by atoms with Gasteiger partial charge < -0.3 is 26.4 Å². The van der Waals surface area contributed by atoms with Crippen LogP contribution in [-0.2, 0) is 16.0 Å². The average molecular weight is 520 g/mol. The summed E-state index contributed by atoms with van der Waals surface area (Å²) in [6, 6.07) is 10.2. The van der Waals surface area contributed by atoms with E-state index < -0.39 is 23.8 Å². The van der Waals surface area contributed by atoms with E-state index in [9.17, 15) is 19.5 Å². The number of carboxylic acid groups (broad SMARTS) is 1. The van der Waals surface area contributed by atoms with E-state index in [1.165, 1.54) is 6.07 Å². The third-order valence-corrected chi connectivity index (χ3v) is 5.63. The fourth-order valence-corrected chi connectivity index (χ4v) is 3.93. The summed E-state index contributed by atoms with van der Waals surface area (Å²) in [7, 11) is 0. The maximum absolute atomic E-state index is 12.6. The molecule has 2 amide bonds. The number of carboxylic acids is 1. The highest BCUT2D eigenvalue weighted by molar-refractivity contribution is 6.34. The van der Waals surface area contributed by atoms with Crippen LogP contribution in [0.3, 0.4) is 0 Å². The molecule has 35 heavy (non-hydrogen) atoms. The van der Waals surface area contributed by atoms with Crippen molar-refractivity contribution in [3.8, 4) is 0 Å². The zero-order valence-corrected chi connectivity index (χ0v) is 20.8. The van der Waals surface area contributed by atoms with Crippen molar-refractivity contribution in [3.05, 3.63) is 63.6 Å². The predicted octanol–water partition coefficient (Wildman–Crippen LogP) is 2.93. The van der Waals surface area contributed by atoms with Crippen molar-refractivity contribution in [2.24, 2.45) is 10.4 Å². The Bertz CT molecular complexity index is 1130. The van der Waals surface area contributed by atoms with Gasteiger partial charge in [-0.2, -0.15) is 0 Å². The molecule has 2 aromatic rings. The van der Waals surface area contributed by atoms with Crippen molar-refractivity contribution >= 4 is 52.6 Å². The number of aliphatic imine (C=N–C) groups is 1. The Labute approximate surface area is 213 Å². The lowest BCUT2D eigenvalue weighted by molar-refractivity contribution is -0.141. The molecule has 186 valence electrons. The van der Waals surface area contributed by atoms with Gasteiger partial charge in [0, 0.05) is 46.2 Å². The van der Waals surface area contributed by atoms with Crippen LogP contribution in [0, 0.1) is 5.41 Å². The van der Waals surface area contributed by atoms with E-state index in [4.69, 9.17) is 23.2 Å². The van der Waals surface area contributed by atoms with Crippen LogP contribution in [0.2, 0.25) is 10.0 Å². The number of guanidine groups is 1. The van der Waals surface area contributed by atoms with Gasteiger partial charge in [-0.15, -0.1) is 0 Å². The predicted molar refractivity (Wildman–Crippen MR) is 136 cm³/mol. The average Bonchev–Trinajstić information content (AvgIpc) is 2.78. The lowest BCUT2D eigenvalue weighted by Gasteiger charge is -2.29. The number of carbonyl (C=O) groups is 3. The number of amides is 2. The molecule has 1 heterocycles. The first-order chi connectivity index (χ1) is 16.5. The van der Waals surface area contributed by atoms with Gasteiger partial charge in [-0.1, -0.05) is 43.1 Å². The van der Waals surface area contributed by atoms with Gasteiger partial charge in [0.2, 0.25) is 5.91 Å². The fourth-order valence-electron chi connectivity index (χ4n) is 3.36. The van der Waals surface area contributed by atoms with Crippen molar-refractivity contribution in [1.82, 2.24) is 16.0 Å². The summed E-state index contributed by atoms with van der Waals surface area (Å²) in [6.07, 6.45) is -0.0158. The number of nitrogens with one attached hydrogen (secondary N) is 4. The van der Waals surface area contributed by atoms with Crippen molar-refractivity contribution in [1.29, 1.82) is 0 Å². The number of carbonyl (C=O) groups excluding carboxylic acids is 2. The molecule has 2 aromatic carbocycles. The van der Waals surface area contributed by atoms with Crippen molar-refractivity contribution in [2.75, 3.05) is 25.0 Å². The summed E-state index contributed by atoms with van der Waals surface area (Å²) in [5.41, 5.74) is 1.64. The molecule has 1 aliphatic rings. The maximum Gasteiger partial charge on any atom is 0.326 e.